The van der Waals surface area contributed by atoms with Crippen LogP contribution in [0.15, 0.2) is 39.6 Å². The lowest BCUT2D eigenvalue weighted by Gasteiger charge is -2.31. The first-order valence-electron chi connectivity index (χ1n) is 10.9. The molecule has 0 radical (unpaired) electrons. The highest BCUT2D eigenvalue weighted by atomic mass is 16.5. The van der Waals surface area contributed by atoms with E-state index in [4.69, 9.17) is 9.62 Å². The summed E-state index contributed by atoms with van der Waals surface area (Å²) in [5.41, 5.74) is 2.64. The van der Waals surface area contributed by atoms with Gasteiger partial charge in [-0.05, 0) is 39.2 Å². The van der Waals surface area contributed by atoms with E-state index in [0.717, 1.165) is 35.5 Å². The third-order valence-electron chi connectivity index (χ3n) is 6.16. The van der Waals surface area contributed by atoms with Crippen molar-refractivity contribution in [3.63, 3.8) is 0 Å². The number of amides is 1. The van der Waals surface area contributed by atoms with Crippen LogP contribution in [0.2, 0.25) is 0 Å². The highest BCUT2D eigenvalue weighted by Crippen LogP contribution is 2.27. The van der Waals surface area contributed by atoms with E-state index in [-0.39, 0.29) is 17.5 Å². The first-order valence-corrected chi connectivity index (χ1v) is 10.9. The zero-order chi connectivity index (χ0) is 22.0. The van der Waals surface area contributed by atoms with Crippen LogP contribution in [0.5, 0.6) is 0 Å². The molecule has 8 heteroatoms. The second-order valence-electron chi connectivity index (χ2n) is 8.16. The van der Waals surface area contributed by atoms with Gasteiger partial charge in [-0.2, -0.15) is 5.10 Å². The average Bonchev–Trinajstić information content (AvgIpc) is 3.27. The van der Waals surface area contributed by atoms with Crippen molar-refractivity contribution in [2.75, 3.05) is 13.1 Å². The third-order valence-corrected chi connectivity index (χ3v) is 6.16. The van der Waals surface area contributed by atoms with Crippen LogP contribution in [0.25, 0.3) is 0 Å². The number of piperidine rings is 1. The molecule has 8 nitrogen and oxygen atoms in total. The summed E-state index contributed by atoms with van der Waals surface area (Å²) in [4.78, 5) is 27.5. The Hall–Kier alpha value is -3.16. The van der Waals surface area contributed by atoms with Crippen LogP contribution < -0.4 is 5.69 Å². The van der Waals surface area contributed by atoms with Crippen LogP contribution in [0.4, 0.5) is 0 Å². The van der Waals surface area contributed by atoms with Crippen molar-refractivity contribution >= 4 is 5.91 Å². The van der Waals surface area contributed by atoms with Crippen molar-refractivity contribution in [2.45, 2.75) is 59.0 Å². The molecule has 1 amide bonds. The lowest BCUT2D eigenvalue weighted by Crippen LogP contribution is -2.39. The molecule has 1 aromatic carbocycles. The fourth-order valence-corrected chi connectivity index (χ4v) is 4.32. The molecule has 1 aliphatic heterocycles. The van der Waals surface area contributed by atoms with Crippen LogP contribution in [-0.2, 0) is 24.3 Å². The summed E-state index contributed by atoms with van der Waals surface area (Å²) in [7, 11) is 0. The minimum absolute atomic E-state index is 0.0710. The molecule has 3 aromatic rings. The zero-order valence-corrected chi connectivity index (χ0v) is 18.4. The smallest absolute Gasteiger partial charge is 0.346 e. The lowest BCUT2D eigenvalue weighted by atomic mass is 9.95. The van der Waals surface area contributed by atoms with Crippen molar-refractivity contribution in [2.24, 2.45) is 0 Å². The maximum atomic E-state index is 12.9. The minimum atomic E-state index is -0.0710. The molecule has 0 atom stereocenters. The van der Waals surface area contributed by atoms with Crippen molar-refractivity contribution in [1.82, 2.24) is 24.4 Å². The maximum absolute atomic E-state index is 12.9. The van der Waals surface area contributed by atoms with Gasteiger partial charge in [-0.15, -0.1) is 0 Å². The number of rotatable bonds is 6. The topological polar surface area (TPSA) is 86.2 Å². The van der Waals surface area contributed by atoms with E-state index in [9.17, 15) is 9.59 Å². The summed E-state index contributed by atoms with van der Waals surface area (Å²) in [5.74, 6) is 1.81. The van der Waals surface area contributed by atoms with Gasteiger partial charge in [0.1, 0.15) is 11.6 Å². The number of carbonyl (C=O) groups is 1. The Balaban J connectivity index is 1.44. The molecule has 4 rings (SSSR count). The highest BCUT2D eigenvalue weighted by Gasteiger charge is 2.29. The molecular weight excluding hydrogens is 394 g/mol. The number of aromatic nitrogens is 4. The van der Waals surface area contributed by atoms with E-state index in [1.807, 2.05) is 56.0 Å². The predicted molar refractivity (Wildman–Crippen MR) is 116 cm³/mol. The third kappa shape index (κ3) is 4.33. The normalized spacial score (nSPS) is 14.9. The zero-order valence-electron chi connectivity index (χ0n) is 18.4. The minimum Gasteiger partial charge on any atom is -0.361 e. The highest BCUT2D eigenvalue weighted by molar-refractivity contribution is 5.79. The maximum Gasteiger partial charge on any atom is 0.346 e. The number of nitrogens with zero attached hydrogens (tertiary/aromatic N) is 5. The Kier molecular flexibility index (Phi) is 6.06. The predicted octanol–water partition coefficient (Wildman–Crippen LogP) is 2.67. The molecule has 0 N–H and O–H groups in total. The van der Waals surface area contributed by atoms with Gasteiger partial charge in [0.2, 0.25) is 5.91 Å². The second-order valence-corrected chi connectivity index (χ2v) is 8.16. The first kappa shape index (κ1) is 21.1. The summed E-state index contributed by atoms with van der Waals surface area (Å²) in [6.07, 6.45) is 1.92. The largest absolute Gasteiger partial charge is 0.361 e. The van der Waals surface area contributed by atoms with Gasteiger partial charge < -0.3 is 9.42 Å². The van der Waals surface area contributed by atoms with E-state index in [1.54, 1.807) is 9.25 Å². The van der Waals surface area contributed by atoms with Crippen LogP contribution in [0, 0.1) is 13.8 Å². The quantitative estimate of drug-likeness (QED) is 0.608. The number of carbonyl (C=O) groups excluding carboxylic acids is 1. The second kappa shape index (κ2) is 8.91. The molecule has 164 valence electrons. The fraction of sp³-hybridized carbons (Fsp3) is 0.478. The molecular formula is C23H29N5O3. The molecule has 2 aromatic heterocycles. The van der Waals surface area contributed by atoms with E-state index in [2.05, 4.69) is 5.16 Å². The van der Waals surface area contributed by atoms with Gasteiger partial charge in [0.05, 0.1) is 18.7 Å². The molecule has 31 heavy (non-hydrogen) atoms. The Morgan fingerprint density at radius 1 is 1.16 bits per heavy atom. The molecule has 1 fully saturated rings. The van der Waals surface area contributed by atoms with Gasteiger partial charge in [0, 0.05) is 31.1 Å². The van der Waals surface area contributed by atoms with Gasteiger partial charge in [-0.25, -0.2) is 9.48 Å². The van der Waals surface area contributed by atoms with Gasteiger partial charge in [0.25, 0.3) is 0 Å². The summed E-state index contributed by atoms with van der Waals surface area (Å²) < 4.78 is 8.51. The van der Waals surface area contributed by atoms with Crippen LogP contribution in [-0.4, -0.2) is 43.4 Å². The Morgan fingerprint density at radius 3 is 2.48 bits per heavy atom. The van der Waals surface area contributed by atoms with Crippen LogP contribution in [0.1, 0.15) is 54.1 Å². The summed E-state index contributed by atoms with van der Waals surface area (Å²) in [5, 5.41) is 8.63. The number of hydrogen-bond acceptors (Lipinski definition) is 5. The Labute approximate surface area is 181 Å². The Morgan fingerprint density at radius 2 is 1.87 bits per heavy atom. The standard InChI is InChI=1S/C23H29N5O3/c1-4-27-22(24-28(23(27)30)15-18-8-6-5-7-9-18)19-10-12-26(13-11-19)21(29)14-20-16(2)25-31-17(20)3/h5-9,19H,4,10-15H2,1-3H3. The SMILES string of the molecule is CCn1c(C2CCN(C(=O)Cc3c(C)noc3C)CC2)nn(Cc2ccccc2)c1=O. The van der Waals surface area contributed by atoms with E-state index >= 15 is 0 Å². The summed E-state index contributed by atoms with van der Waals surface area (Å²) >= 11 is 0. The number of aryl methyl sites for hydroxylation is 2. The van der Waals surface area contributed by atoms with Gasteiger partial charge in [0.15, 0.2) is 0 Å². The van der Waals surface area contributed by atoms with Gasteiger partial charge in [-0.1, -0.05) is 35.5 Å². The van der Waals surface area contributed by atoms with Crippen LogP contribution >= 0.6 is 0 Å². The molecule has 3 heterocycles. The van der Waals surface area contributed by atoms with Crippen molar-refractivity contribution < 1.29 is 9.32 Å². The van der Waals surface area contributed by atoms with Crippen molar-refractivity contribution in [1.29, 1.82) is 0 Å². The van der Waals surface area contributed by atoms with Gasteiger partial charge >= 0.3 is 5.69 Å². The molecule has 0 bridgehead atoms. The van der Waals surface area contributed by atoms with Crippen LogP contribution in [0.3, 0.4) is 0 Å². The molecule has 0 saturated carbocycles. The van der Waals surface area contributed by atoms with Crippen molar-refractivity contribution in [3.8, 4) is 0 Å². The Bertz CT molecular complexity index is 1080. The number of likely N-dealkylation sites (tertiary alicyclic amines) is 1. The lowest BCUT2D eigenvalue weighted by molar-refractivity contribution is -0.131. The summed E-state index contributed by atoms with van der Waals surface area (Å²) in [6.45, 7) is 8.06. The van der Waals surface area contributed by atoms with E-state index in [1.165, 1.54) is 0 Å². The molecule has 0 aliphatic carbocycles. The fourth-order valence-electron chi connectivity index (χ4n) is 4.32. The van der Waals surface area contributed by atoms with E-state index in [0.29, 0.717) is 38.4 Å². The number of benzene rings is 1. The summed E-state index contributed by atoms with van der Waals surface area (Å²) in [6, 6.07) is 9.89. The number of hydrogen-bond donors (Lipinski definition) is 0. The van der Waals surface area contributed by atoms with Gasteiger partial charge in [-0.3, -0.25) is 9.36 Å². The molecule has 0 unspecified atom stereocenters. The molecule has 0 spiro atoms. The molecule has 1 saturated heterocycles. The first-order chi connectivity index (χ1) is 15.0. The monoisotopic (exact) mass is 423 g/mol. The molecule has 1 aliphatic rings. The van der Waals surface area contributed by atoms with Crippen molar-refractivity contribution in [3.05, 3.63) is 69.2 Å². The average molecular weight is 424 g/mol. The van der Waals surface area contributed by atoms with E-state index < -0.39 is 0 Å².